The van der Waals surface area contributed by atoms with Crippen molar-refractivity contribution in [3.05, 3.63) is 59.7 Å². The summed E-state index contributed by atoms with van der Waals surface area (Å²) in [4.78, 5) is 25.5. The van der Waals surface area contributed by atoms with Gasteiger partial charge in [0.15, 0.2) is 0 Å². The molecule has 0 saturated carbocycles. The highest BCUT2D eigenvalue weighted by atomic mass is 19.4. The van der Waals surface area contributed by atoms with Crippen LogP contribution in [-0.4, -0.2) is 18.4 Å². The molecule has 0 aliphatic rings. The monoisotopic (exact) mass is 364 g/mol. The third kappa shape index (κ3) is 5.08. The molecule has 26 heavy (non-hydrogen) atoms. The van der Waals surface area contributed by atoms with E-state index in [1.807, 2.05) is 19.1 Å². The van der Waals surface area contributed by atoms with Gasteiger partial charge in [0.2, 0.25) is 11.8 Å². The van der Waals surface area contributed by atoms with Crippen molar-refractivity contribution in [1.29, 1.82) is 0 Å². The minimum Gasteiger partial charge on any atom is -0.326 e. The fourth-order valence-electron chi connectivity index (χ4n) is 2.49. The number of halogens is 3. The normalized spacial score (nSPS) is 11.1. The molecular formula is C19H19F3N2O2. The van der Waals surface area contributed by atoms with Crippen molar-refractivity contribution < 1.29 is 22.8 Å². The van der Waals surface area contributed by atoms with Crippen molar-refractivity contribution in [3.63, 3.8) is 0 Å². The number of para-hydroxylation sites is 1. The molecule has 4 nitrogen and oxygen atoms in total. The maximum absolute atomic E-state index is 12.5. The Kier molecular flexibility index (Phi) is 6.02. The molecule has 0 saturated heterocycles. The Morgan fingerprint density at radius 1 is 1.04 bits per heavy atom. The van der Waals surface area contributed by atoms with E-state index in [0.29, 0.717) is 0 Å². The van der Waals surface area contributed by atoms with E-state index in [4.69, 9.17) is 0 Å². The number of hydrogen-bond donors (Lipinski definition) is 1. The summed E-state index contributed by atoms with van der Waals surface area (Å²) < 4.78 is 37.6. The Morgan fingerprint density at radius 3 is 2.19 bits per heavy atom. The number of amides is 2. The molecule has 0 unspecified atom stereocenters. The van der Waals surface area contributed by atoms with Gasteiger partial charge in [0.05, 0.1) is 5.56 Å². The second-order valence-corrected chi connectivity index (χ2v) is 5.83. The van der Waals surface area contributed by atoms with Crippen LogP contribution in [0.15, 0.2) is 48.5 Å². The van der Waals surface area contributed by atoms with Crippen molar-refractivity contribution in [1.82, 2.24) is 0 Å². The van der Waals surface area contributed by atoms with Crippen LogP contribution >= 0.6 is 0 Å². The van der Waals surface area contributed by atoms with E-state index in [2.05, 4.69) is 5.32 Å². The average Bonchev–Trinajstić information content (AvgIpc) is 2.56. The van der Waals surface area contributed by atoms with Gasteiger partial charge in [-0.1, -0.05) is 18.2 Å². The minimum absolute atomic E-state index is 0.0228. The Bertz CT molecular complexity index is 786. The minimum atomic E-state index is -4.42. The highest BCUT2D eigenvalue weighted by molar-refractivity contribution is 5.95. The van der Waals surface area contributed by atoms with Gasteiger partial charge in [0.25, 0.3) is 0 Å². The molecule has 138 valence electrons. The van der Waals surface area contributed by atoms with E-state index >= 15 is 0 Å². The lowest BCUT2D eigenvalue weighted by Crippen LogP contribution is -2.32. The number of hydrogen-bond acceptors (Lipinski definition) is 2. The van der Waals surface area contributed by atoms with Crippen LogP contribution in [0.5, 0.6) is 0 Å². The van der Waals surface area contributed by atoms with Gasteiger partial charge in [0.1, 0.15) is 0 Å². The Hall–Kier alpha value is -2.83. The standard InChI is InChI=1S/C19H19F3N2O2/c1-13-5-3-4-6-17(13)24(14(2)25)12-11-18(26)23-16-9-7-15(8-10-16)19(20,21)22/h3-10H,11-12H2,1-2H3,(H,23,26). The fraction of sp³-hybridized carbons (Fsp3) is 0.263. The Balaban J connectivity index is 1.99. The van der Waals surface area contributed by atoms with Gasteiger partial charge in [0, 0.05) is 31.3 Å². The SMILES string of the molecule is CC(=O)N(CCC(=O)Nc1ccc(C(F)(F)F)cc1)c1ccccc1C. The number of alkyl halides is 3. The summed E-state index contributed by atoms with van der Waals surface area (Å²) in [6.07, 6.45) is -4.40. The predicted octanol–water partition coefficient (Wildman–Crippen LogP) is 4.40. The molecular weight excluding hydrogens is 345 g/mol. The second-order valence-electron chi connectivity index (χ2n) is 5.83. The van der Waals surface area contributed by atoms with Gasteiger partial charge in [-0.3, -0.25) is 9.59 Å². The van der Waals surface area contributed by atoms with Gasteiger partial charge in [-0.15, -0.1) is 0 Å². The smallest absolute Gasteiger partial charge is 0.326 e. The van der Waals surface area contributed by atoms with Crippen LogP contribution in [-0.2, 0) is 15.8 Å². The molecule has 0 heterocycles. The van der Waals surface area contributed by atoms with E-state index in [-0.39, 0.29) is 30.5 Å². The number of aryl methyl sites for hydroxylation is 1. The van der Waals surface area contributed by atoms with Crippen LogP contribution in [0.3, 0.4) is 0 Å². The number of carbonyl (C=O) groups is 2. The van der Waals surface area contributed by atoms with Crippen molar-refractivity contribution in [2.45, 2.75) is 26.4 Å². The molecule has 0 aliphatic carbocycles. The Morgan fingerprint density at radius 2 is 1.65 bits per heavy atom. The van der Waals surface area contributed by atoms with Crippen LogP contribution in [0, 0.1) is 6.92 Å². The van der Waals surface area contributed by atoms with Gasteiger partial charge < -0.3 is 10.2 Å². The van der Waals surface area contributed by atoms with Crippen LogP contribution in [0.4, 0.5) is 24.5 Å². The summed E-state index contributed by atoms with van der Waals surface area (Å²) in [5.74, 6) is -0.578. The van der Waals surface area contributed by atoms with Crippen LogP contribution in [0.1, 0.15) is 24.5 Å². The van der Waals surface area contributed by atoms with E-state index in [9.17, 15) is 22.8 Å². The molecule has 2 amide bonds. The molecule has 0 radical (unpaired) electrons. The van der Waals surface area contributed by atoms with E-state index < -0.39 is 11.7 Å². The maximum Gasteiger partial charge on any atom is 0.416 e. The molecule has 0 bridgehead atoms. The molecule has 7 heteroatoms. The topological polar surface area (TPSA) is 49.4 Å². The molecule has 2 aromatic rings. The number of anilines is 2. The van der Waals surface area contributed by atoms with Crippen LogP contribution < -0.4 is 10.2 Å². The number of nitrogens with zero attached hydrogens (tertiary/aromatic N) is 1. The van der Waals surface area contributed by atoms with Gasteiger partial charge >= 0.3 is 6.18 Å². The molecule has 0 spiro atoms. The summed E-state index contributed by atoms with van der Waals surface area (Å²) in [5, 5.41) is 2.54. The molecule has 1 N–H and O–H groups in total. The first-order valence-electron chi connectivity index (χ1n) is 7.99. The number of carbonyl (C=O) groups excluding carboxylic acids is 2. The first-order valence-corrected chi connectivity index (χ1v) is 7.99. The summed E-state index contributed by atoms with van der Waals surface area (Å²) in [5.41, 5.74) is 1.12. The number of rotatable bonds is 5. The second kappa shape index (κ2) is 8.03. The lowest BCUT2D eigenvalue weighted by atomic mass is 10.1. The zero-order valence-electron chi connectivity index (χ0n) is 14.4. The lowest BCUT2D eigenvalue weighted by molar-refractivity contribution is -0.137. The lowest BCUT2D eigenvalue weighted by Gasteiger charge is -2.22. The predicted molar refractivity (Wildman–Crippen MR) is 93.9 cm³/mol. The third-order valence-electron chi connectivity index (χ3n) is 3.84. The first-order chi connectivity index (χ1) is 12.2. The highest BCUT2D eigenvalue weighted by Gasteiger charge is 2.30. The first kappa shape index (κ1) is 19.5. The molecule has 0 atom stereocenters. The van der Waals surface area contributed by atoms with Crippen molar-refractivity contribution in [3.8, 4) is 0 Å². The molecule has 0 aromatic heterocycles. The molecule has 2 aromatic carbocycles. The Labute approximate surface area is 149 Å². The van der Waals surface area contributed by atoms with Crippen molar-refractivity contribution in [2.75, 3.05) is 16.8 Å². The fourth-order valence-corrected chi connectivity index (χ4v) is 2.49. The molecule has 0 aliphatic heterocycles. The van der Waals surface area contributed by atoms with Gasteiger partial charge in [-0.05, 0) is 42.8 Å². The van der Waals surface area contributed by atoms with Crippen molar-refractivity contribution in [2.24, 2.45) is 0 Å². The zero-order valence-corrected chi connectivity index (χ0v) is 14.4. The summed E-state index contributed by atoms with van der Waals surface area (Å²) >= 11 is 0. The average molecular weight is 364 g/mol. The molecule has 0 fully saturated rings. The quantitative estimate of drug-likeness (QED) is 0.855. The summed E-state index contributed by atoms with van der Waals surface area (Å²) in [7, 11) is 0. The summed E-state index contributed by atoms with van der Waals surface area (Å²) in [6.45, 7) is 3.46. The number of benzene rings is 2. The van der Waals surface area contributed by atoms with Crippen LogP contribution in [0.25, 0.3) is 0 Å². The highest BCUT2D eigenvalue weighted by Crippen LogP contribution is 2.29. The zero-order chi connectivity index (χ0) is 19.3. The third-order valence-corrected chi connectivity index (χ3v) is 3.84. The van der Waals surface area contributed by atoms with E-state index in [1.54, 1.807) is 12.1 Å². The van der Waals surface area contributed by atoms with E-state index in [0.717, 1.165) is 23.4 Å². The number of nitrogens with one attached hydrogen (secondary N) is 1. The molecule has 2 rings (SSSR count). The maximum atomic E-state index is 12.5. The van der Waals surface area contributed by atoms with Crippen LogP contribution in [0.2, 0.25) is 0 Å². The summed E-state index contributed by atoms with van der Waals surface area (Å²) in [6, 6.07) is 11.5. The van der Waals surface area contributed by atoms with E-state index in [1.165, 1.54) is 24.0 Å². The van der Waals surface area contributed by atoms with Crippen molar-refractivity contribution >= 4 is 23.2 Å². The van der Waals surface area contributed by atoms with Gasteiger partial charge in [-0.25, -0.2) is 0 Å². The largest absolute Gasteiger partial charge is 0.416 e. The van der Waals surface area contributed by atoms with Gasteiger partial charge in [-0.2, -0.15) is 13.2 Å².